The smallest absolute Gasteiger partial charge is 0.0440 e. The van der Waals surface area contributed by atoms with Crippen molar-refractivity contribution in [2.24, 2.45) is 5.92 Å². The van der Waals surface area contributed by atoms with Gasteiger partial charge in [-0.3, -0.25) is 0 Å². The number of hydrogen-bond donors (Lipinski definition) is 1. The molecule has 106 valence electrons. The largest absolute Gasteiger partial charge is 0.396 e. The van der Waals surface area contributed by atoms with Crippen molar-refractivity contribution in [2.75, 3.05) is 6.61 Å². The zero-order valence-corrected chi connectivity index (χ0v) is 12.1. The van der Waals surface area contributed by atoms with Crippen molar-refractivity contribution in [3.8, 4) is 11.8 Å². The highest BCUT2D eigenvalue weighted by molar-refractivity contribution is 5.50. The molecule has 0 aliphatic heterocycles. The highest BCUT2D eigenvalue weighted by Crippen LogP contribution is 2.58. The molecule has 2 aromatic carbocycles. The maximum Gasteiger partial charge on any atom is 0.0440 e. The first-order valence-corrected chi connectivity index (χ1v) is 7.58. The normalized spacial score (nSPS) is 18.6. The summed E-state index contributed by atoms with van der Waals surface area (Å²) in [4.78, 5) is 0. The number of hydrogen-bond acceptors (Lipinski definition) is 1. The molecule has 2 aromatic rings. The van der Waals surface area contributed by atoms with Gasteiger partial charge in [-0.1, -0.05) is 66.6 Å². The van der Waals surface area contributed by atoms with Gasteiger partial charge >= 0.3 is 0 Å². The quantitative estimate of drug-likeness (QED) is 0.666. The van der Waals surface area contributed by atoms with E-state index in [4.69, 9.17) is 5.11 Å². The van der Waals surface area contributed by atoms with Crippen LogP contribution in [0, 0.1) is 17.8 Å². The third-order valence-electron chi connectivity index (χ3n) is 4.27. The number of benzene rings is 2. The summed E-state index contributed by atoms with van der Waals surface area (Å²) in [5.74, 6) is 7.04. The standard InChI is InChI=1S/C20H20O/c21-15-9-3-8-14-19-16-20(19,17-10-4-1-5-11-17)18-12-6-2-7-13-18/h1-2,4-7,10-13,19,21H,3,9,15-16H2. The first-order valence-electron chi connectivity index (χ1n) is 7.58. The molecule has 21 heavy (non-hydrogen) atoms. The lowest BCUT2D eigenvalue weighted by atomic mass is 9.86. The summed E-state index contributed by atoms with van der Waals surface area (Å²) in [6, 6.07) is 21.4. The summed E-state index contributed by atoms with van der Waals surface area (Å²) in [6.45, 7) is 0.224. The maximum absolute atomic E-state index is 8.84. The van der Waals surface area contributed by atoms with Crippen molar-refractivity contribution >= 4 is 0 Å². The second kappa shape index (κ2) is 6.16. The molecule has 0 spiro atoms. The Balaban J connectivity index is 1.90. The third kappa shape index (κ3) is 2.73. The fraction of sp³-hybridized carbons (Fsp3) is 0.300. The first-order chi connectivity index (χ1) is 10.4. The molecule has 1 saturated carbocycles. The van der Waals surface area contributed by atoms with E-state index in [0.29, 0.717) is 5.92 Å². The molecule has 1 atom stereocenters. The van der Waals surface area contributed by atoms with E-state index in [0.717, 1.165) is 19.3 Å². The van der Waals surface area contributed by atoms with Crippen LogP contribution in [0.2, 0.25) is 0 Å². The lowest BCUT2D eigenvalue weighted by molar-refractivity contribution is 0.290. The monoisotopic (exact) mass is 276 g/mol. The minimum atomic E-state index is 0.0642. The van der Waals surface area contributed by atoms with E-state index in [9.17, 15) is 0 Å². The minimum absolute atomic E-state index is 0.0642. The van der Waals surface area contributed by atoms with E-state index in [1.165, 1.54) is 11.1 Å². The second-order valence-corrected chi connectivity index (χ2v) is 5.61. The lowest BCUT2D eigenvalue weighted by Gasteiger charge is -2.17. The molecule has 1 heteroatoms. The second-order valence-electron chi connectivity index (χ2n) is 5.61. The molecule has 0 saturated heterocycles. The summed E-state index contributed by atoms with van der Waals surface area (Å²) in [6.07, 6.45) is 2.64. The zero-order chi connectivity index (χ0) is 14.5. The molecule has 1 aliphatic rings. The van der Waals surface area contributed by atoms with Crippen molar-refractivity contribution in [3.63, 3.8) is 0 Å². The maximum atomic E-state index is 8.84. The Hall–Kier alpha value is -2.04. The van der Waals surface area contributed by atoms with Gasteiger partial charge in [-0.25, -0.2) is 0 Å². The molecule has 1 fully saturated rings. The molecule has 1 N–H and O–H groups in total. The highest BCUT2D eigenvalue weighted by Gasteiger charge is 2.55. The zero-order valence-electron chi connectivity index (χ0n) is 12.1. The van der Waals surface area contributed by atoms with Gasteiger partial charge < -0.3 is 5.11 Å². The topological polar surface area (TPSA) is 20.2 Å². The average Bonchev–Trinajstić information content (AvgIpc) is 3.29. The molecular formula is C20H20O. The van der Waals surface area contributed by atoms with Crippen LogP contribution in [-0.2, 0) is 5.41 Å². The Morgan fingerprint density at radius 2 is 1.52 bits per heavy atom. The van der Waals surface area contributed by atoms with Crippen molar-refractivity contribution in [1.29, 1.82) is 0 Å². The van der Waals surface area contributed by atoms with Crippen molar-refractivity contribution in [2.45, 2.75) is 24.7 Å². The molecular weight excluding hydrogens is 256 g/mol. The summed E-state index contributed by atoms with van der Waals surface area (Å²) in [7, 11) is 0. The molecule has 0 radical (unpaired) electrons. The Morgan fingerprint density at radius 1 is 0.952 bits per heavy atom. The Morgan fingerprint density at radius 3 is 2.05 bits per heavy atom. The van der Waals surface area contributed by atoms with Crippen LogP contribution in [0.3, 0.4) is 0 Å². The van der Waals surface area contributed by atoms with Crippen LogP contribution in [-0.4, -0.2) is 11.7 Å². The van der Waals surface area contributed by atoms with Crippen molar-refractivity contribution in [1.82, 2.24) is 0 Å². The summed E-state index contributed by atoms with van der Waals surface area (Å²) >= 11 is 0. The predicted molar refractivity (Wildman–Crippen MR) is 85.9 cm³/mol. The lowest BCUT2D eigenvalue weighted by Crippen LogP contribution is -2.11. The third-order valence-corrected chi connectivity index (χ3v) is 4.27. The van der Waals surface area contributed by atoms with E-state index in [2.05, 4.69) is 72.5 Å². The van der Waals surface area contributed by atoms with Gasteiger partial charge in [0, 0.05) is 24.4 Å². The number of aliphatic hydroxyl groups excluding tert-OH is 1. The van der Waals surface area contributed by atoms with Crippen LogP contribution in [0.1, 0.15) is 30.4 Å². The van der Waals surface area contributed by atoms with Gasteiger partial charge in [-0.15, -0.1) is 5.92 Å². The summed E-state index contributed by atoms with van der Waals surface area (Å²) in [5.41, 5.74) is 2.78. The summed E-state index contributed by atoms with van der Waals surface area (Å²) < 4.78 is 0. The SMILES string of the molecule is OCCCC#CC1CC1(c1ccccc1)c1ccccc1. The van der Waals surface area contributed by atoms with Gasteiger partial charge in [0.05, 0.1) is 0 Å². The van der Waals surface area contributed by atoms with E-state index >= 15 is 0 Å². The molecule has 1 unspecified atom stereocenters. The minimum Gasteiger partial charge on any atom is -0.396 e. The fourth-order valence-electron chi connectivity index (χ4n) is 3.08. The van der Waals surface area contributed by atoms with Crippen molar-refractivity contribution < 1.29 is 5.11 Å². The van der Waals surface area contributed by atoms with Crippen LogP contribution in [0.4, 0.5) is 0 Å². The Kier molecular flexibility index (Phi) is 4.08. The molecule has 0 bridgehead atoms. The van der Waals surface area contributed by atoms with Crippen LogP contribution in [0.25, 0.3) is 0 Å². The van der Waals surface area contributed by atoms with E-state index in [1.54, 1.807) is 0 Å². The average molecular weight is 276 g/mol. The van der Waals surface area contributed by atoms with Gasteiger partial charge in [-0.2, -0.15) is 0 Å². The fourth-order valence-corrected chi connectivity index (χ4v) is 3.08. The van der Waals surface area contributed by atoms with Crippen LogP contribution < -0.4 is 0 Å². The van der Waals surface area contributed by atoms with Crippen LogP contribution in [0.15, 0.2) is 60.7 Å². The number of aliphatic hydroxyl groups is 1. The number of rotatable bonds is 4. The molecule has 0 aromatic heterocycles. The molecule has 1 aliphatic carbocycles. The Labute approximate surface area is 126 Å². The van der Waals surface area contributed by atoms with Crippen molar-refractivity contribution in [3.05, 3.63) is 71.8 Å². The van der Waals surface area contributed by atoms with Gasteiger partial charge in [-0.05, 0) is 24.0 Å². The highest BCUT2D eigenvalue weighted by atomic mass is 16.2. The Bertz CT molecular complexity index is 594. The molecule has 0 amide bonds. The van der Waals surface area contributed by atoms with E-state index in [-0.39, 0.29) is 12.0 Å². The molecule has 1 nitrogen and oxygen atoms in total. The summed E-state index contributed by atoms with van der Waals surface area (Å²) in [5, 5.41) is 8.84. The van der Waals surface area contributed by atoms with Crippen LogP contribution >= 0.6 is 0 Å². The molecule has 0 heterocycles. The van der Waals surface area contributed by atoms with Gasteiger partial charge in [0.1, 0.15) is 0 Å². The molecule has 3 rings (SSSR count). The van der Waals surface area contributed by atoms with Crippen LogP contribution in [0.5, 0.6) is 0 Å². The first kappa shape index (κ1) is 13.9. The van der Waals surface area contributed by atoms with E-state index < -0.39 is 0 Å². The van der Waals surface area contributed by atoms with Gasteiger partial charge in [0.2, 0.25) is 0 Å². The van der Waals surface area contributed by atoms with E-state index in [1.807, 2.05) is 0 Å². The number of unbranched alkanes of at least 4 members (excludes halogenated alkanes) is 1. The van der Waals surface area contributed by atoms with Gasteiger partial charge in [0.15, 0.2) is 0 Å². The predicted octanol–water partition coefficient (Wildman–Crippen LogP) is 3.77. The van der Waals surface area contributed by atoms with Gasteiger partial charge in [0.25, 0.3) is 0 Å².